The highest BCUT2D eigenvalue weighted by Gasteiger charge is 2.45. The van der Waals surface area contributed by atoms with Gasteiger partial charge in [-0.3, -0.25) is 4.79 Å². The number of carbonyl (C=O) groups excluding carboxylic acids is 1. The lowest BCUT2D eigenvalue weighted by atomic mass is 9.66. The van der Waals surface area contributed by atoms with E-state index >= 15 is 0 Å². The number of anilines is 1. The van der Waals surface area contributed by atoms with Gasteiger partial charge in [-0.25, -0.2) is 8.42 Å². The second-order valence-corrected chi connectivity index (χ2v) is 12.2. The van der Waals surface area contributed by atoms with Crippen LogP contribution in [-0.4, -0.2) is 57.9 Å². The van der Waals surface area contributed by atoms with Gasteiger partial charge in [-0.1, -0.05) is 42.0 Å². The van der Waals surface area contributed by atoms with Crippen molar-refractivity contribution in [2.45, 2.75) is 37.5 Å². The van der Waals surface area contributed by atoms with Gasteiger partial charge in [-0.05, 0) is 67.7 Å². The summed E-state index contributed by atoms with van der Waals surface area (Å²) in [5, 5.41) is 0. The number of ketones is 1. The first kappa shape index (κ1) is 24.9. The molecule has 2 aromatic rings. The van der Waals surface area contributed by atoms with Crippen LogP contribution >= 0.6 is 0 Å². The topological polar surface area (TPSA) is 66.9 Å². The third kappa shape index (κ3) is 4.92. The summed E-state index contributed by atoms with van der Waals surface area (Å²) in [6.07, 6.45) is 4.22. The number of morpholine rings is 1. The van der Waals surface area contributed by atoms with E-state index in [1.807, 2.05) is 19.1 Å². The van der Waals surface area contributed by atoms with Gasteiger partial charge in [0.1, 0.15) is 0 Å². The van der Waals surface area contributed by atoms with E-state index in [4.69, 9.17) is 4.74 Å². The minimum absolute atomic E-state index is 0.148. The minimum atomic E-state index is -3.65. The number of hydrogen-bond acceptors (Lipinski definition) is 5. The van der Waals surface area contributed by atoms with Crippen LogP contribution < -0.4 is 4.90 Å². The van der Waals surface area contributed by atoms with Gasteiger partial charge in [0.05, 0.1) is 18.1 Å². The molecule has 3 aliphatic rings. The summed E-state index contributed by atoms with van der Waals surface area (Å²) in [6.45, 7) is 9.89. The normalized spacial score (nSPS) is 23.2. The summed E-state index contributed by atoms with van der Waals surface area (Å²) >= 11 is 0. The van der Waals surface area contributed by atoms with Gasteiger partial charge in [-0.15, -0.1) is 0 Å². The van der Waals surface area contributed by atoms with Gasteiger partial charge in [0.2, 0.25) is 10.0 Å². The fraction of sp³-hybridized carbons (Fsp3) is 0.414. The highest BCUT2D eigenvalue weighted by atomic mass is 32.2. The maximum atomic E-state index is 13.6. The van der Waals surface area contributed by atoms with E-state index in [1.54, 1.807) is 22.5 Å². The highest BCUT2D eigenvalue weighted by molar-refractivity contribution is 7.89. The smallest absolute Gasteiger partial charge is 0.243 e. The predicted molar refractivity (Wildman–Crippen MR) is 142 cm³/mol. The first-order chi connectivity index (χ1) is 17.3. The lowest BCUT2D eigenvalue weighted by Gasteiger charge is -2.46. The molecule has 0 N–H and O–H groups in total. The summed E-state index contributed by atoms with van der Waals surface area (Å²) in [6, 6.07) is 15.6. The third-order valence-electron chi connectivity index (χ3n) is 7.82. The van der Waals surface area contributed by atoms with Gasteiger partial charge in [0.25, 0.3) is 0 Å². The van der Waals surface area contributed by atoms with Gasteiger partial charge >= 0.3 is 0 Å². The number of piperidine rings is 1. The molecule has 2 heterocycles. The maximum Gasteiger partial charge on any atom is 0.243 e. The molecule has 2 saturated heterocycles. The third-order valence-corrected chi connectivity index (χ3v) is 9.68. The number of benzene rings is 2. The number of carbonyl (C=O) groups is 1. The van der Waals surface area contributed by atoms with Gasteiger partial charge < -0.3 is 9.64 Å². The summed E-state index contributed by atoms with van der Waals surface area (Å²) in [7, 11) is -3.65. The molecular formula is C29H34N2O4S. The largest absolute Gasteiger partial charge is 0.378 e. The second kappa shape index (κ2) is 9.96. The van der Waals surface area contributed by atoms with Gasteiger partial charge in [0.15, 0.2) is 5.78 Å². The average molecular weight is 507 g/mol. The molecule has 2 aromatic carbocycles. The van der Waals surface area contributed by atoms with E-state index in [0.717, 1.165) is 55.0 Å². The van der Waals surface area contributed by atoms with Crippen LogP contribution in [0.4, 0.5) is 5.69 Å². The molecule has 1 unspecified atom stereocenters. The zero-order valence-corrected chi connectivity index (χ0v) is 21.7. The van der Waals surface area contributed by atoms with Crippen molar-refractivity contribution in [3.8, 4) is 0 Å². The summed E-state index contributed by atoms with van der Waals surface area (Å²) < 4.78 is 34.3. The Morgan fingerprint density at radius 1 is 1.00 bits per heavy atom. The fourth-order valence-corrected chi connectivity index (χ4v) is 7.21. The number of allylic oxidation sites excluding steroid dienone is 2. The minimum Gasteiger partial charge on any atom is -0.378 e. The van der Waals surface area contributed by atoms with Crippen LogP contribution in [0.1, 0.15) is 37.3 Å². The first-order valence-corrected chi connectivity index (χ1v) is 14.1. The Kier molecular flexibility index (Phi) is 6.90. The maximum absolute atomic E-state index is 13.6. The first-order valence-electron chi connectivity index (χ1n) is 12.7. The Labute approximate surface area is 214 Å². The molecule has 36 heavy (non-hydrogen) atoms. The zero-order valence-electron chi connectivity index (χ0n) is 20.9. The molecule has 1 atom stereocenters. The highest BCUT2D eigenvalue weighted by Crippen LogP contribution is 2.46. The molecule has 0 saturated carbocycles. The van der Waals surface area contributed by atoms with Crippen LogP contribution in [0.2, 0.25) is 0 Å². The van der Waals surface area contributed by atoms with Crippen molar-refractivity contribution in [2.24, 2.45) is 5.41 Å². The van der Waals surface area contributed by atoms with E-state index < -0.39 is 10.0 Å². The second-order valence-electron chi connectivity index (χ2n) is 10.3. The monoisotopic (exact) mass is 506 g/mol. The Bertz CT molecular complexity index is 1280. The van der Waals surface area contributed by atoms with E-state index in [-0.39, 0.29) is 11.2 Å². The van der Waals surface area contributed by atoms with Crippen LogP contribution in [0.25, 0.3) is 5.57 Å². The molecule has 7 heteroatoms. The summed E-state index contributed by atoms with van der Waals surface area (Å²) in [5.74, 6) is 0.148. The molecule has 0 aromatic heterocycles. The van der Waals surface area contributed by atoms with Crippen molar-refractivity contribution >= 4 is 27.1 Å². The molecule has 2 aliphatic heterocycles. The Balaban J connectivity index is 1.40. The SMILES string of the molecule is C=C(C)c1ccc(S(=O)(=O)N2CCC3=CC(=O)CCC3(Cc3ccc(N4CCOCC4)cc3)C2)cc1. The van der Waals surface area contributed by atoms with Crippen molar-refractivity contribution in [1.82, 2.24) is 4.31 Å². The molecule has 5 rings (SSSR count). The number of sulfonamides is 1. The average Bonchev–Trinajstić information content (AvgIpc) is 2.89. The van der Waals surface area contributed by atoms with Crippen molar-refractivity contribution < 1.29 is 17.9 Å². The predicted octanol–water partition coefficient (Wildman–Crippen LogP) is 4.47. The lowest BCUT2D eigenvalue weighted by Crippen LogP contribution is -2.49. The molecule has 190 valence electrons. The number of nitrogens with zero attached hydrogens (tertiary/aromatic N) is 2. The zero-order chi connectivity index (χ0) is 25.3. The molecule has 2 fully saturated rings. The number of rotatable bonds is 6. The number of ether oxygens (including phenoxy) is 1. The van der Waals surface area contributed by atoms with E-state index in [1.165, 1.54) is 5.69 Å². The van der Waals surface area contributed by atoms with Crippen molar-refractivity contribution in [1.29, 1.82) is 0 Å². The van der Waals surface area contributed by atoms with Crippen molar-refractivity contribution in [3.05, 3.63) is 77.9 Å². The van der Waals surface area contributed by atoms with Crippen LogP contribution in [0.5, 0.6) is 0 Å². The van der Waals surface area contributed by atoms with Gasteiger partial charge in [0, 0.05) is 43.7 Å². The van der Waals surface area contributed by atoms with E-state index in [9.17, 15) is 13.2 Å². The fourth-order valence-electron chi connectivity index (χ4n) is 5.68. The molecular weight excluding hydrogens is 472 g/mol. The number of fused-ring (bicyclic) bond motifs is 1. The van der Waals surface area contributed by atoms with Crippen molar-refractivity contribution in [3.63, 3.8) is 0 Å². The van der Waals surface area contributed by atoms with E-state index in [2.05, 4.69) is 35.7 Å². The van der Waals surface area contributed by atoms with Crippen LogP contribution in [0.3, 0.4) is 0 Å². The molecule has 0 radical (unpaired) electrons. The lowest BCUT2D eigenvalue weighted by molar-refractivity contribution is -0.116. The van der Waals surface area contributed by atoms with E-state index in [0.29, 0.717) is 37.2 Å². The Hall–Kier alpha value is -2.74. The number of hydrogen-bond donors (Lipinski definition) is 0. The summed E-state index contributed by atoms with van der Waals surface area (Å²) in [5.41, 5.74) is 4.91. The van der Waals surface area contributed by atoms with Crippen molar-refractivity contribution in [2.75, 3.05) is 44.3 Å². The molecule has 1 aliphatic carbocycles. The Morgan fingerprint density at radius 3 is 2.36 bits per heavy atom. The van der Waals surface area contributed by atoms with Crippen LogP contribution in [0, 0.1) is 5.41 Å². The molecule has 0 bridgehead atoms. The quantitative estimate of drug-likeness (QED) is 0.578. The Morgan fingerprint density at radius 2 is 1.69 bits per heavy atom. The molecule has 6 nitrogen and oxygen atoms in total. The van der Waals surface area contributed by atoms with Gasteiger partial charge in [-0.2, -0.15) is 4.31 Å². The van der Waals surface area contributed by atoms with Crippen LogP contribution in [0.15, 0.2) is 71.7 Å². The van der Waals surface area contributed by atoms with Crippen LogP contribution in [-0.2, 0) is 26.0 Å². The summed E-state index contributed by atoms with van der Waals surface area (Å²) in [4.78, 5) is 14.9. The molecule has 0 amide bonds. The molecule has 0 spiro atoms. The standard InChI is InChI=1S/C29H34N2O4S/c1-22(2)24-5-9-28(10-6-24)36(33,34)31-14-12-25-19-27(32)11-13-29(25,21-31)20-23-3-7-26(8-4-23)30-15-17-35-18-16-30/h3-10,19H,1,11-18,20-21H2,2H3.